The minimum Gasteiger partial charge on any atom is -0.486 e. The Balaban J connectivity index is 1.23. The maximum Gasteiger partial charge on any atom is 0.261 e. The summed E-state index contributed by atoms with van der Waals surface area (Å²) in [5.74, 6) is 1.32. The molecule has 0 saturated heterocycles. The van der Waals surface area contributed by atoms with Crippen LogP contribution in [0.1, 0.15) is 11.1 Å². The summed E-state index contributed by atoms with van der Waals surface area (Å²) in [4.78, 5) is 21.3. The summed E-state index contributed by atoms with van der Waals surface area (Å²) in [7, 11) is 0. The predicted molar refractivity (Wildman–Crippen MR) is 120 cm³/mol. The molecule has 0 aliphatic carbocycles. The van der Waals surface area contributed by atoms with Crippen LogP contribution in [-0.4, -0.2) is 40.9 Å². The molecular formula is C23H20ClN3O3S. The topological polar surface area (TPSA) is 73.3 Å². The third kappa shape index (κ3) is 4.07. The van der Waals surface area contributed by atoms with E-state index in [1.165, 1.54) is 11.8 Å². The van der Waals surface area contributed by atoms with Crippen LogP contribution in [0.4, 0.5) is 0 Å². The Hall–Kier alpha value is -2.77. The monoisotopic (exact) mass is 453 g/mol. The molecule has 5 rings (SSSR count). The molecule has 3 heterocycles. The molecule has 0 saturated carbocycles. The van der Waals surface area contributed by atoms with Crippen LogP contribution in [-0.2, 0) is 17.6 Å². The van der Waals surface area contributed by atoms with Gasteiger partial charge in [0.1, 0.15) is 17.6 Å². The minimum atomic E-state index is -0.500. The lowest BCUT2D eigenvalue weighted by atomic mass is 10.0. The summed E-state index contributed by atoms with van der Waals surface area (Å²) < 4.78 is 11.8. The van der Waals surface area contributed by atoms with Gasteiger partial charge in [0.05, 0.1) is 17.3 Å². The van der Waals surface area contributed by atoms with E-state index in [0.717, 1.165) is 28.1 Å². The summed E-state index contributed by atoms with van der Waals surface area (Å²) in [6.45, 7) is 0.388. The standard InChI is InChI=1S/C23H20ClN3O3S/c1-31-23-25-7-6-18(27-23)14-8-15-9-16(29-21(15)17(24)10-14)12-26-22(28)20-11-13-4-2-3-5-19(13)30-20/h2-8,10,16,20H,9,11-12H2,1H3,(H,26,28). The van der Waals surface area contributed by atoms with Crippen LogP contribution < -0.4 is 14.8 Å². The van der Waals surface area contributed by atoms with Crippen molar-refractivity contribution in [3.05, 3.63) is 64.8 Å². The SMILES string of the molecule is CSc1nccc(-c2cc(Cl)c3c(c2)CC(CNC(=O)C2Cc4ccccc4O2)O3)n1. The Morgan fingerprint density at radius 2 is 2.06 bits per heavy atom. The maximum absolute atomic E-state index is 12.6. The zero-order chi connectivity index (χ0) is 21.4. The minimum absolute atomic E-state index is 0.131. The number of carbonyl (C=O) groups is 1. The zero-order valence-corrected chi connectivity index (χ0v) is 18.4. The van der Waals surface area contributed by atoms with E-state index in [4.69, 9.17) is 21.1 Å². The van der Waals surface area contributed by atoms with E-state index in [1.54, 1.807) is 6.20 Å². The van der Waals surface area contributed by atoms with Crippen molar-refractivity contribution in [2.24, 2.45) is 0 Å². The Morgan fingerprint density at radius 1 is 1.19 bits per heavy atom. The van der Waals surface area contributed by atoms with Gasteiger partial charge in [-0.2, -0.15) is 0 Å². The summed E-state index contributed by atoms with van der Waals surface area (Å²) in [6, 6.07) is 13.5. The zero-order valence-electron chi connectivity index (χ0n) is 16.8. The first-order valence-corrected chi connectivity index (χ1v) is 11.6. The number of rotatable bonds is 5. The highest BCUT2D eigenvalue weighted by atomic mass is 35.5. The second kappa shape index (κ2) is 8.40. The number of thioether (sulfide) groups is 1. The molecule has 8 heteroatoms. The highest BCUT2D eigenvalue weighted by Gasteiger charge is 2.31. The molecule has 2 atom stereocenters. The highest BCUT2D eigenvalue weighted by molar-refractivity contribution is 7.98. The van der Waals surface area contributed by atoms with E-state index in [9.17, 15) is 4.79 Å². The lowest BCUT2D eigenvalue weighted by molar-refractivity contribution is -0.127. The predicted octanol–water partition coefficient (Wildman–Crippen LogP) is 3.94. The number of hydrogen-bond acceptors (Lipinski definition) is 6. The van der Waals surface area contributed by atoms with Crippen molar-refractivity contribution < 1.29 is 14.3 Å². The Bertz CT molecular complexity index is 1130. The average Bonchev–Trinajstić information content (AvgIpc) is 3.42. The number of fused-ring (bicyclic) bond motifs is 2. The fourth-order valence-electron chi connectivity index (χ4n) is 3.91. The second-order valence-electron chi connectivity index (χ2n) is 7.48. The summed E-state index contributed by atoms with van der Waals surface area (Å²) in [6.07, 6.45) is 4.25. The van der Waals surface area contributed by atoms with Crippen LogP contribution in [0.2, 0.25) is 5.02 Å². The van der Waals surface area contributed by atoms with Gasteiger partial charge in [0, 0.05) is 30.2 Å². The molecule has 0 spiro atoms. The van der Waals surface area contributed by atoms with E-state index in [1.807, 2.05) is 48.7 Å². The lowest BCUT2D eigenvalue weighted by Crippen LogP contribution is -2.42. The van der Waals surface area contributed by atoms with Gasteiger partial charge in [0.15, 0.2) is 11.3 Å². The molecule has 158 valence electrons. The summed E-state index contributed by atoms with van der Waals surface area (Å²) in [5.41, 5.74) is 3.81. The number of carbonyl (C=O) groups excluding carboxylic acids is 1. The number of halogens is 1. The van der Waals surface area contributed by atoms with Crippen LogP contribution in [0.15, 0.2) is 53.8 Å². The number of amides is 1. The molecule has 2 aromatic carbocycles. The molecule has 31 heavy (non-hydrogen) atoms. The average molecular weight is 454 g/mol. The number of nitrogens with zero attached hydrogens (tertiary/aromatic N) is 2. The normalized spacial score (nSPS) is 18.6. The van der Waals surface area contributed by atoms with Crippen molar-refractivity contribution in [3.8, 4) is 22.8 Å². The first kappa shape index (κ1) is 20.2. The van der Waals surface area contributed by atoms with Gasteiger partial charge in [0.25, 0.3) is 5.91 Å². The van der Waals surface area contributed by atoms with Gasteiger partial charge in [-0.25, -0.2) is 9.97 Å². The van der Waals surface area contributed by atoms with Crippen LogP contribution in [0, 0.1) is 0 Å². The third-order valence-electron chi connectivity index (χ3n) is 5.41. The van der Waals surface area contributed by atoms with Crippen molar-refractivity contribution in [1.82, 2.24) is 15.3 Å². The van der Waals surface area contributed by atoms with Gasteiger partial charge < -0.3 is 14.8 Å². The molecule has 2 aliphatic heterocycles. The number of aromatic nitrogens is 2. The number of ether oxygens (including phenoxy) is 2. The molecule has 0 bridgehead atoms. The molecule has 2 aliphatic rings. The fraction of sp³-hybridized carbons (Fsp3) is 0.261. The van der Waals surface area contributed by atoms with Gasteiger partial charge in [0.2, 0.25) is 0 Å². The van der Waals surface area contributed by atoms with Crippen LogP contribution >= 0.6 is 23.4 Å². The molecule has 1 N–H and O–H groups in total. The van der Waals surface area contributed by atoms with Crippen LogP contribution in [0.3, 0.4) is 0 Å². The lowest BCUT2D eigenvalue weighted by Gasteiger charge is -2.15. The van der Waals surface area contributed by atoms with E-state index >= 15 is 0 Å². The first-order valence-electron chi connectivity index (χ1n) is 9.99. The van der Waals surface area contributed by atoms with Crippen molar-refractivity contribution in [3.63, 3.8) is 0 Å². The number of para-hydroxylation sites is 1. The Morgan fingerprint density at radius 3 is 2.90 bits per heavy atom. The van der Waals surface area contributed by atoms with E-state index in [-0.39, 0.29) is 12.0 Å². The number of nitrogens with one attached hydrogen (secondary N) is 1. The first-order chi connectivity index (χ1) is 15.1. The van der Waals surface area contributed by atoms with E-state index < -0.39 is 6.10 Å². The maximum atomic E-state index is 12.6. The largest absolute Gasteiger partial charge is 0.486 e. The molecule has 1 aromatic heterocycles. The Kier molecular flexibility index (Phi) is 5.46. The van der Waals surface area contributed by atoms with Gasteiger partial charge in [-0.05, 0) is 36.1 Å². The van der Waals surface area contributed by atoms with Gasteiger partial charge >= 0.3 is 0 Å². The highest BCUT2D eigenvalue weighted by Crippen LogP contribution is 2.39. The van der Waals surface area contributed by atoms with E-state index in [2.05, 4.69) is 15.3 Å². The van der Waals surface area contributed by atoms with Crippen molar-refractivity contribution in [2.45, 2.75) is 30.2 Å². The third-order valence-corrected chi connectivity index (χ3v) is 6.25. The van der Waals surface area contributed by atoms with Crippen molar-refractivity contribution in [2.75, 3.05) is 12.8 Å². The second-order valence-corrected chi connectivity index (χ2v) is 8.66. The number of hydrogen-bond donors (Lipinski definition) is 1. The fourth-order valence-corrected chi connectivity index (χ4v) is 4.55. The molecule has 0 fully saturated rings. The van der Waals surface area contributed by atoms with Gasteiger partial charge in [-0.1, -0.05) is 41.6 Å². The van der Waals surface area contributed by atoms with Crippen molar-refractivity contribution >= 4 is 29.3 Å². The molecule has 1 amide bonds. The summed E-state index contributed by atoms with van der Waals surface area (Å²) >= 11 is 7.99. The summed E-state index contributed by atoms with van der Waals surface area (Å²) in [5, 5.41) is 4.21. The van der Waals surface area contributed by atoms with Crippen LogP contribution in [0.25, 0.3) is 11.3 Å². The van der Waals surface area contributed by atoms with Crippen LogP contribution in [0.5, 0.6) is 11.5 Å². The molecule has 0 radical (unpaired) electrons. The van der Waals surface area contributed by atoms with Gasteiger partial charge in [-0.3, -0.25) is 4.79 Å². The van der Waals surface area contributed by atoms with Gasteiger partial charge in [-0.15, -0.1) is 0 Å². The van der Waals surface area contributed by atoms with E-state index in [0.29, 0.717) is 35.3 Å². The quantitative estimate of drug-likeness (QED) is 0.466. The molecule has 6 nitrogen and oxygen atoms in total. The molecular weight excluding hydrogens is 434 g/mol. The molecule has 2 unspecified atom stereocenters. The Labute approximate surface area is 189 Å². The molecule has 3 aromatic rings. The smallest absolute Gasteiger partial charge is 0.261 e. The van der Waals surface area contributed by atoms with Crippen molar-refractivity contribution in [1.29, 1.82) is 0 Å². The number of benzene rings is 2.